The quantitative estimate of drug-likeness (QED) is 0.738. The first kappa shape index (κ1) is 19.0. The van der Waals surface area contributed by atoms with Gasteiger partial charge < -0.3 is 15.7 Å². The van der Waals surface area contributed by atoms with E-state index in [2.05, 4.69) is 10.6 Å². The predicted octanol–water partition coefficient (Wildman–Crippen LogP) is 3.04. The fourth-order valence-electron chi connectivity index (χ4n) is 3.16. The van der Waals surface area contributed by atoms with E-state index in [-0.39, 0.29) is 17.9 Å². The molecule has 0 radical (unpaired) electrons. The molecular formula is C19H26N2O4. The van der Waals surface area contributed by atoms with Crippen LogP contribution in [-0.4, -0.2) is 28.9 Å². The third-order valence-electron chi connectivity index (χ3n) is 4.84. The highest BCUT2D eigenvalue weighted by molar-refractivity contribution is 6.04. The first-order valence-electron chi connectivity index (χ1n) is 8.87. The topological polar surface area (TPSA) is 95.5 Å². The number of carbonyl (C=O) groups is 3. The normalized spacial score (nSPS) is 21.2. The highest BCUT2D eigenvalue weighted by Gasteiger charge is 2.36. The van der Waals surface area contributed by atoms with E-state index in [4.69, 9.17) is 0 Å². The second-order valence-corrected chi connectivity index (χ2v) is 6.65. The van der Waals surface area contributed by atoms with Gasteiger partial charge in [-0.05, 0) is 38.3 Å². The van der Waals surface area contributed by atoms with Crippen LogP contribution in [0, 0.1) is 11.8 Å². The van der Waals surface area contributed by atoms with E-state index in [1.54, 1.807) is 24.3 Å². The summed E-state index contributed by atoms with van der Waals surface area (Å²) in [7, 11) is 0. The van der Waals surface area contributed by atoms with Crippen molar-refractivity contribution in [3.05, 3.63) is 29.8 Å². The second-order valence-electron chi connectivity index (χ2n) is 6.65. The Labute approximate surface area is 148 Å². The number of hydrogen-bond acceptors (Lipinski definition) is 3. The number of amides is 2. The van der Waals surface area contributed by atoms with Crippen LogP contribution in [0.25, 0.3) is 0 Å². The van der Waals surface area contributed by atoms with Crippen LogP contribution in [0.1, 0.15) is 56.3 Å². The van der Waals surface area contributed by atoms with Gasteiger partial charge in [0.05, 0.1) is 23.1 Å². The number of anilines is 1. The molecule has 2 amide bonds. The molecule has 1 saturated carbocycles. The lowest BCUT2D eigenvalue weighted by Crippen LogP contribution is -2.37. The van der Waals surface area contributed by atoms with Gasteiger partial charge in [0.15, 0.2) is 0 Å². The molecule has 6 heteroatoms. The van der Waals surface area contributed by atoms with Gasteiger partial charge in [-0.25, -0.2) is 0 Å². The Morgan fingerprint density at radius 2 is 1.80 bits per heavy atom. The number of para-hydroxylation sites is 1. The summed E-state index contributed by atoms with van der Waals surface area (Å²) < 4.78 is 0. The SMILES string of the molecule is CC[C@H](C)NC(=O)c1ccccc1NC(=O)[C@H]1CCCC[C@H]1C(=O)O. The molecule has 0 spiro atoms. The highest BCUT2D eigenvalue weighted by Crippen LogP contribution is 2.31. The van der Waals surface area contributed by atoms with Gasteiger partial charge >= 0.3 is 5.97 Å². The number of carbonyl (C=O) groups excluding carboxylic acids is 2. The Kier molecular flexibility index (Phi) is 6.56. The maximum atomic E-state index is 12.6. The Morgan fingerprint density at radius 1 is 1.16 bits per heavy atom. The molecule has 1 aromatic rings. The summed E-state index contributed by atoms with van der Waals surface area (Å²) in [4.78, 5) is 36.4. The van der Waals surface area contributed by atoms with Gasteiger partial charge in [-0.1, -0.05) is 31.9 Å². The fraction of sp³-hybridized carbons (Fsp3) is 0.526. The van der Waals surface area contributed by atoms with Gasteiger partial charge in [-0.3, -0.25) is 14.4 Å². The van der Waals surface area contributed by atoms with Crippen molar-refractivity contribution in [2.45, 2.75) is 52.0 Å². The summed E-state index contributed by atoms with van der Waals surface area (Å²) >= 11 is 0. The van der Waals surface area contributed by atoms with Gasteiger partial charge in [-0.15, -0.1) is 0 Å². The summed E-state index contributed by atoms with van der Waals surface area (Å²) in [5.41, 5.74) is 0.807. The van der Waals surface area contributed by atoms with Gasteiger partial charge in [0.1, 0.15) is 0 Å². The minimum Gasteiger partial charge on any atom is -0.481 e. The minimum atomic E-state index is -0.928. The number of rotatable bonds is 6. The lowest BCUT2D eigenvalue weighted by Gasteiger charge is -2.27. The van der Waals surface area contributed by atoms with Crippen molar-refractivity contribution >= 4 is 23.5 Å². The van der Waals surface area contributed by atoms with E-state index in [0.29, 0.717) is 24.1 Å². The van der Waals surface area contributed by atoms with Crippen LogP contribution in [-0.2, 0) is 9.59 Å². The largest absolute Gasteiger partial charge is 0.481 e. The first-order valence-corrected chi connectivity index (χ1v) is 8.87. The first-order chi connectivity index (χ1) is 11.9. The molecule has 0 bridgehead atoms. The predicted molar refractivity (Wildman–Crippen MR) is 95.4 cm³/mol. The molecular weight excluding hydrogens is 320 g/mol. The number of carboxylic acids is 1. The maximum absolute atomic E-state index is 12.6. The fourth-order valence-corrected chi connectivity index (χ4v) is 3.16. The van der Waals surface area contributed by atoms with Crippen LogP contribution in [0.5, 0.6) is 0 Å². The molecule has 3 N–H and O–H groups in total. The van der Waals surface area contributed by atoms with E-state index in [9.17, 15) is 19.5 Å². The molecule has 6 nitrogen and oxygen atoms in total. The van der Waals surface area contributed by atoms with Crippen LogP contribution in [0.2, 0.25) is 0 Å². The Hall–Kier alpha value is -2.37. The maximum Gasteiger partial charge on any atom is 0.307 e. The van der Waals surface area contributed by atoms with Crippen LogP contribution < -0.4 is 10.6 Å². The van der Waals surface area contributed by atoms with E-state index in [1.807, 2.05) is 13.8 Å². The van der Waals surface area contributed by atoms with E-state index in [1.165, 1.54) is 0 Å². The molecule has 3 atom stereocenters. The summed E-state index contributed by atoms with van der Waals surface area (Å²) in [5.74, 6) is -2.71. The van der Waals surface area contributed by atoms with Gasteiger partial charge in [-0.2, -0.15) is 0 Å². The lowest BCUT2D eigenvalue weighted by atomic mass is 9.78. The zero-order chi connectivity index (χ0) is 18.4. The Balaban J connectivity index is 2.15. The molecule has 1 aliphatic rings. The van der Waals surface area contributed by atoms with Crippen molar-refractivity contribution in [1.29, 1.82) is 0 Å². The lowest BCUT2D eigenvalue weighted by molar-refractivity contribution is -0.147. The summed E-state index contributed by atoms with van der Waals surface area (Å²) in [6.07, 6.45) is 3.56. The van der Waals surface area contributed by atoms with Crippen molar-refractivity contribution in [3.63, 3.8) is 0 Å². The van der Waals surface area contributed by atoms with Crippen molar-refractivity contribution in [1.82, 2.24) is 5.32 Å². The number of aliphatic carboxylic acids is 1. The number of nitrogens with one attached hydrogen (secondary N) is 2. The second kappa shape index (κ2) is 8.65. The molecule has 25 heavy (non-hydrogen) atoms. The molecule has 136 valence electrons. The molecule has 0 unspecified atom stereocenters. The zero-order valence-electron chi connectivity index (χ0n) is 14.7. The average molecular weight is 346 g/mol. The molecule has 0 aromatic heterocycles. The van der Waals surface area contributed by atoms with Crippen LogP contribution in [0.15, 0.2) is 24.3 Å². The molecule has 1 fully saturated rings. The molecule has 2 rings (SSSR count). The molecule has 0 heterocycles. The molecule has 1 aliphatic carbocycles. The summed E-state index contributed by atoms with van der Waals surface area (Å²) in [6.45, 7) is 3.90. The number of hydrogen-bond donors (Lipinski definition) is 3. The van der Waals surface area contributed by atoms with E-state index >= 15 is 0 Å². The Bertz CT molecular complexity index is 644. The molecule has 0 saturated heterocycles. The van der Waals surface area contributed by atoms with Crippen LogP contribution >= 0.6 is 0 Å². The molecule has 0 aliphatic heterocycles. The van der Waals surface area contributed by atoms with E-state index in [0.717, 1.165) is 19.3 Å². The van der Waals surface area contributed by atoms with Gasteiger partial charge in [0.2, 0.25) is 5.91 Å². The Morgan fingerprint density at radius 3 is 2.44 bits per heavy atom. The monoisotopic (exact) mass is 346 g/mol. The number of benzene rings is 1. The minimum absolute atomic E-state index is 0.0333. The standard InChI is InChI=1S/C19H26N2O4/c1-3-12(2)20-18(23)15-10-6-7-11-16(15)21-17(22)13-8-4-5-9-14(13)19(24)25/h6-7,10-14H,3-5,8-9H2,1-2H3,(H,20,23)(H,21,22)(H,24,25)/t12-,13-,14+/m0/s1. The van der Waals surface area contributed by atoms with Gasteiger partial charge in [0.25, 0.3) is 5.91 Å². The summed E-state index contributed by atoms with van der Waals surface area (Å²) in [5, 5.41) is 15.0. The summed E-state index contributed by atoms with van der Waals surface area (Å²) in [6, 6.07) is 6.84. The zero-order valence-corrected chi connectivity index (χ0v) is 14.7. The third-order valence-corrected chi connectivity index (χ3v) is 4.84. The highest BCUT2D eigenvalue weighted by atomic mass is 16.4. The smallest absolute Gasteiger partial charge is 0.307 e. The van der Waals surface area contributed by atoms with Gasteiger partial charge in [0, 0.05) is 6.04 Å². The van der Waals surface area contributed by atoms with Crippen LogP contribution in [0.4, 0.5) is 5.69 Å². The van der Waals surface area contributed by atoms with Crippen LogP contribution in [0.3, 0.4) is 0 Å². The van der Waals surface area contributed by atoms with Crippen molar-refractivity contribution in [3.8, 4) is 0 Å². The van der Waals surface area contributed by atoms with E-state index < -0.39 is 17.8 Å². The number of carboxylic acid groups (broad SMARTS) is 1. The average Bonchev–Trinajstić information content (AvgIpc) is 2.61. The van der Waals surface area contributed by atoms with Crippen molar-refractivity contribution < 1.29 is 19.5 Å². The molecule has 1 aromatic carbocycles. The van der Waals surface area contributed by atoms with Crippen molar-refractivity contribution in [2.24, 2.45) is 11.8 Å². The van der Waals surface area contributed by atoms with Crippen molar-refractivity contribution in [2.75, 3.05) is 5.32 Å². The third kappa shape index (κ3) is 4.81.